The summed E-state index contributed by atoms with van der Waals surface area (Å²) in [5.74, 6) is 1.48. The van der Waals surface area contributed by atoms with E-state index in [2.05, 4.69) is 0 Å². The predicted octanol–water partition coefficient (Wildman–Crippen LogP) is 4.75. The first kappa shape index (κ1) is 20.7. The number of ether oxygens (including phenoxy) is 2. The van der Waals surface area contributed by atoms with E-state index >= 15 is 0 Å². The third-order valence-corrected chi connectivity index (χ3v) is 4.40. The Hall–Kier alpha value is -3.98. The molecule has 0 aliphatic rings. The van der Waals surface area contributed by atoms with E-state index in [0.717, 1.165) is 16.8 Å². The minimum Gasteiger partial charge on any atom is -0.493 e. The number of nitrogens with zero attached hydrogens (tertiary/aromatic N) is 2. The van der Waals surface area contributed by atoms with Crippen LogP contribution < -0.4 is 14.4 Å². The zero-order valence-corrected chi connectivity index (χ0v) is 16.9. The summed E-state index contributed by atoms with van der Waals surface area (Å²) in [6.45, 7) is 2.26. The summed E-state index contributed by atoms with van der Waals surface area (Å²) in [5, 5.41) is 8.67. The molecule has 1 amide bonds. The Labute approximate surface area is 175 Å². The van der Waals surface area contributed by atoms with E-state index in [9.17, 15) is 4.79 Å². The number of hydrogen-bond acceptors (Lipinski definition) is 5. The van der Waals surface area contributed by atoms with Crippen LogP contribution in [0.25, 0.3) is 6.08 Å². The van der Waals surface area contributed by atoms with Gasteiger partial charge in [-0.2, -0.15) is 5.26 Å². The molecule has 2 aromatic carbocycles. The summed E-state index contributed by atoms with van der Waals surface area (Å²) in [7, 11) is 1.52. The van der Waals surface area contributed by atoms with Gasteiger partial charge in [0.1, 0.15) is 11.8 Å². The maximum Gasteiger partial charge on any atom is 0.251 e. The normalized spacial score (nSPS) is 10.6. The van der Waals surface area contributed by atoms with Crippen molar-refractivity contribution >= 4 is 17.7 Å². The summed E-state index contributed by atoms with van der Waals surface area (Å²) >= 11 is 0. The van der Waals surface area contributed by atoms with Crippen LogP contribution in [0, 0.1) is 18.3 Å². The maximum atomic E-state index is 13.0. The summed E-state index contributed by atoms with van der Waals surface area (Å²) in [6, 6.07) is 18.6. The van der Waals surface area contributed by atoms with Crippen LogP contribution in [0.4, 0.5) is 5.69 Å². The fourth-order valence-electron chi connectivity index (χ4n) is 2.85. The molecule has 0 N–H and O–H groups in total. The molecule has 0 saturated heterocycles. The standard InChI is InChI=1S/C24H22N2O4/c1-18-5-9-20(10-6-18)26(17-21-4-3-14-29-21)24(27)12-8-19-7-11-22(30-15-13-25)23(16-19)28-2/h3-12,14,16H,15,17H2,1-2H3/b12-8+. The van der Waals surface area contributed by atoms with Crippen LogP contribution in [0.5, 0.6) is 11.5 Å². The van der Waals surface area contributed by atoms with Gasteiger partial charge in [-0.3, -0.25) is 4.79 Å². The van der Waals surface area contributed by atoms with Crippen LogP contribution in [0.15, 0.2) is 71.4 Å². The lowest BCUT2D eigenvalue weighted by Crippen LogP contribution is -2.28. The van der Waals surface area contributed by atoms with Crippen LogP contribution in [-0.4, -0.2) is 19.6 Å². The molecule has 0 unspecified atom stereocenters. The molecule has 0 aliphatic heterocycles. The molecule has 1 aromatic heterocycles. The average molecular weight is 402 g/mol. The van der Waals surface area contributed by atoms with E-state index in [4.69, 9.17) is 19.2 Å². The maximum absolute atomic E-state index is 13.0. The fraction of sp³-hybridized carbons (Fsp3) is 0.167. The molecule has 30 heavy (non-hydrogen) atoms. The number of benzene rings is 2. The van der Waals surface area contributed by atoms with Crippen molar-refractivity contribution in [1.82, 2.24) is 0 Å². The van der Waals surface area contributed by atoms with Gasteiger partial charge in [-0.15, -0.1) is 0 Å². The Bertz CT molecular complexity index is 1050. The van der Waals surface area contributed by atoms with Crippen molar-refractivity contribution < 1.29 is 18.7 Å². The van der Waals surface area contributed by atoms with Gasteiger partial charge >= 0.3 is 0 Å². The van der Waals surface area contributed by atoms with Crippen LogP contribution in [-0.2, 0) is 11.3 Å². The highest BCUT2D eigenvalue weighted by Crippen LogP contribution is 2.28. The van der Waals surface area contributed by atoms with Crippen LogP contribution >= 0.6 is 0 Å². The molecule has 0 aliphatic carbocycles. The van der Waals surface area contributed by atoms with Crippen molar-refractivity contribution in [1.29, 1.82) is 5.26 Å². The number of nitriles is 1. The Morgan fingerprint density at radius 2 is 1.97 bits per heavy atom. The molecule has 0 atom stereocenters. The number of carbonyl (C=O) groups is 1. The zero-order valence-electron chi connectivity index (χ0n) is 16.9. The molecule has 152 valence electrons. The van der Waals surface area contributed by atoms with Crippen molar-refractivity contribution in [3.63, 3.8) is 0 Å². The largest absolute Gasteiger partial charge is 0.493 e. The van der Waals surface area contributed by atoms with Gasteiger partial charge in [0.25, 0.3) is 5.91 Å². The average Bonchev–Trinajstić information content (AvgIpc) is 3.28. The molecular weight excluding hydrogens is 380 g/mol. The molecule has 0 fully saturated rings. The lowest BCUT2D eigenvalue weighted by Gasteiger charge is -2.20. The monoisotopic (exact) mass is 402 g/mol. The molecule has 6 nitrogen and oxygen atoms in total. The first-order valence-corrected chi connectivity index (χ1v) is 9.37. The molecule has 0 bridgehead atoms. The first-order chi connectivity index (χ1) is 14.6. The molecule has 0 radical (unpaired) electrons. The van der Waals surface area contributed by atoms with Crippen molar-refractivity contribution in [3.05, 3.63) is 83.8 Å². The van der Waals surface area contributed by atoms with Gasteiger partial charge in [0.15, 0.2) is 18.1 Å². The molecule has 1 heterocycles. The second-order valence-corrected chi connectivity index (χ2v) is 6.53. The lowest BCUT2D eigenvalue weighted by atomic mass is 10.1. The summed E-state index contributed by atoms with van der Waals surface area (Å²) in [4.78, 5) is 14.6. The Morgan fingerprint density at radius 1 is 1.17 bits per heavy atom. The van der Waals surface area contributed by atoms with Crippen molar-refractivity contribution in [2.24, 2.45) is 0 Å². The third kappa shape index (κ3) is 5.30. The number of anilines is 1. The van der Waals surface area contributed by atoms with E-state index in [-0.39, 0.29) is 12.5 Å². The van der Waals surface area contributed by atoms with Crippen LogP contribution in [0.2, 0.25) is 0 Å². The number of hydrogen-bond donors (Lipinski definition) is 0. The van der Waals surface area contributed by atoms with Gasteiger partial charge in [0, 0.05) is 11.8 Å². The molecule has 0 saturated carbocycles. The third-order valence-electron chi connectivity index (χ3n) is 4.40. The second kappa shape index (κ2) is 9.99. The van der Waals surface area contributed by atoms with E-state index in [1.165, 1.54) is 13.2 Å². The van der Waals surface area contributed by atoms with Crippen LogP contribution in [0.3, 0.4) is 0 Å². The lowest BCUT2D eigenvalue weighted by molar-refractivity contribution is -0.114. The number of methoxy groups -OCH3 is 1. The Morgan fingerprint density at radius 3 is 2.63 bits per heavy atom. The van der Waals surface area contributed by atoms with Gasteiger partial charge in [-0.1, -0.05) is 23.8 Å². The highest BCUT2D eigenvalue weighted by molar-refractivity contribution is 6.03. The first-order valence-electron chi connectivity index (χ1n) is 9.37. The highest BCUT2D eigenvalue weighted by Gasteiger charge is 2.15. The highest BCUT2D eigenvalue weighted by atomic mass is 16.5. The minimum atomic E-state index is -0.181. The molecule has 3 aromatic rings. The van der Waals surface area contributed by atoms with Gasteiger partial charge in [-0.05, 0) is 55.0 Å². The zero-order chi connectivity index (χ0) is 21.3. The number of furan rings is 1. The quantitative estimate of drug-likeness (QED) is 0.509. The Balaban J connectivity index is 1.81. The molecule has 6 heteroatoms. The van der Waals surface area contributed by atoms with E-state index in [1.54, 1.807) is 41.5 Å². The van der Waals surface area contributed by atoms with Crippen molar-refractivity contribution in [2.45, 2.75) is 13.5 Å². The van der Waals surface area contributed by atoms with Gasteiger partial charge in [0.2, 0.25) is 0 Å². The van der Waals surface area contributed by atoms with Gasteiger partial charge in [-0.25, -0.2) is 0 Å². The summed E-state index contributed by atoms with van der Waals surface area (Å²) < 4.78 is 16.1. The van der Waals surface area contributed by atoms with Crippen LogP contribution in [0.1, 0.15) is 16.9 Å². The number of aryl methyl sites for hydroxylation is 1. The van der Waals surface area contributed by atoms with E-state index < -0.39 is 0 Å². The smallest absolute Gasteiger partial charge is 0.251 e. The van der Waals surface area contributed by atoms with Gasteiger partial charge in [0.05, 0.1) is 19.9 Å². The Kier molecular flexibility index (Phi) is 6.91. The van der Waals surface area contributed by atoms with Crippen molar-refractivity contribution in [2.75, 3.05) is 18.6 Å². The number of carbonyl (C=O) groups excluding carboxylic acids is 1. The topological polar surface area (TPSA) is 75.7 Å². The molecular formula is C24H22N2O4. The SMILES string of the molecule is COc1cc(/C=C/C(=O)N(Cc2ccco2)c2ccc(C)cc2)ccc1OCC#N. The fourth-order valence-corrected chi connectivity index (χ4v) is 2.85. The van der Waals surface area contributed by atoms with E-state index in [1.807, 2.05) is 43.3 Å². The molecule has 0 spiro atoms. The summed E-state index contributed by atoms with van der Waals surface area (Å²) in [6.07, 6.45) is 4.81. The van der Waals surface area contributed by atoms with Gasteiger partial charge < -0.3 is 18.8 Å². The minimum absolute atomic E-state index is 0.0671. The summed E-state index contributed by atoms with van der Waals surface area (Å²) in [5.41, 5.74) is 2.67. The number of rotatable bonds is 8. The molecule has 3 rings (SSSR count). The predicted molar refractivity (Wildman–Crippen MR) is 114 cm³/mol. The van der Waals surface area contributed by atoms with E-state index in [0.29, 0.717) is 23.8 Å². The second-order valence-electron chi connectivity index (χ2n) is 6.53. The van der Waals surface area contributed by atoms with Crippen molar-refractivity contribution in [3.8, 4) is 17.6 Å². The number of amides is 1.